The topological polar surface area (TPSA) is 63.6 Å². The van der Waals surface area contributed by atoms with Crippen molar-refractivity contribution in [3.05, 3.63) is 0 Å². The van der Waals surface area contributed by atoms with Gasteiger partial charge in [0.05, 0.1) is 0 Å². The fourth-order valence-corrected chi connectivity index (χ4v) is 1.46. The Morgan fingerprint density at radius 2 is 1.85 bits per heavy atom. The molecule has 0 aromatic heterocycles. The molecule has 0 saturated heterocycles. The monoisotopic (exact) mass is 186 g/mol. The van der Waals surface area contributed by atoms with Crippen LogP contribution in [0.15, 0.2) is 0 Å². The van der Waals surface area contributed by atoms with Gasteiger partial charge >= 0.3 is 5.97 Å². The number of Topliss-reactive ketones (excluding diaryl/α,β-unsaturated/α-hetero) is 1. The Morgan fingerprint density at radius 3 is 2.38 bits per heavy atom. The molecule has 74 valence electrons. The largest absolute Gasteiger partial charge is 0.457 e. The SMILES string of the molecule is O=C(CO)C(=O)OC1CCCCC1. The number of ether oxygens (including phenoxy) is 1. The van der Waals surface area contributed by atoms with Gasteiger partial charge in [-0.15, -0.1) is 0 Å². The summed E-state index contributed by atoms with van der Waals surface area (Å²) in [4.78, 5) is 21.6. The van der Waals surface area contributed by atoms with Crippen LogP contribution in [0.2, 0.25) is 0 Å². The fraction of sp³-hybridized carbons (Fsp3) is 0.778. The van der Waals surface area contributed by atoms with E-state index in [0.717, 1.165) is 25.7 Å². The summed E-state index contributed by atoms with van der Waals surface area (Å²) in [5.41, 5.74) is 0. The van der Waals surface area contributed by atoms with E-state index >= 15 is 0 Å². The maximum Gasteiger partial charge on any atom is 0.377 e. The van der Waals surface area contributed by atoms with Crippen LogP contribution >= 0.6 is 0 Å². The molecule has 0 unspecified atom stereocenters. The van der Waals surface area contributed by atoms with Crippen LogP contribution in [0, 0.1) is 0 Å². The van der Waals surface area contributed by atoms with Gasteiger partial charge in [0, 0.05) is 0 Å². The third-order valence-electron chi connectivity index (χ3n) is 2.20. The zero-order valence-electron chi connectivity index (χ0n) is 7.49. The van der Waals surface area contributed by atoms with E-state index < -0.39 is 18.4 Å². The van der Waals surface area contributed by atoms with E-state index in [2.05, 4.69) is 0 Å². The minimum Gasteiger partial charge on any atom is -0.457 e. The molecule has 1 saturated carbocycles. The predicted molar refractivity (Wildman–Crippen MR) is 45.1 cm³/mol. The molecule has 0 aromatic rings. The Hall–Kier alpha value is -0.900. The van der Waals surface area contributed by atoms with E-state index in [1.807, 2.05) is 0 Å². The van der Waals surface area contributed by atoms with Crippen LogP contribution in [-0.2, 0) is 14.3 Å². The highest BCUT2D eigenvalue weighted by molar-refractivity contribution is 6.34. The summed E-state index contributed by atoms with van der Waals surface area (Å²) >= 11 is 0. The van der Waals surface area contributed by atoms with Crippen LogP contribution in [0.5, 0.6) is 0 Å². The molecule has 4 nitrogen and oxygen atoms in total. The van der Waals surface area contributed by atoms with Crippen molar-refractivity contribution < 1.29 is 19.4 Å². The Morgan fingerprint density at radius 1 is 1.23 bits per heavy atom. The third kappa shape index (κ3) is 3.14. The van der Waals surface area contributed by atoms with Crippen molar-refractivity contribution >= 4 is 11.8 Å². The molecule has 0 aliphatic heterocycles. The van der Waals surface area contributed by atoms with Gasteiger partial charge in [0.2, 0.25) is 0 Å². The molecule has 0 bridgehead atoms. The number of hydrogen-bond donors (Lipinski definition) is 1. The second kappa shape index (κ2) is 4.97. The number of aliphatic hydroxyl groups excluding tert-OH is 1. The molecule has 0 heterocycles. The number of aliphatic hydroxyl groups is 1. The van der Waals surface area contributed by atoms with Gasteiger partial charge in [-0.1, -0.05) is 6.42 Å². The molecule has 1 N–H and O–H groups in total. The smallest absolute Gasteiger partial charge is 0.377 e. The van der Waals surface area contributed by atoms with Gasteiger partial charge in [-0.3, -0.25) is 4.79 Å². The van der Waals surface area contributed by atoms with Crippen molar-refractivity contribution in [3.63, 3.8) is 0 Å². The van der Waals surface area contributed by atoms with Crippen molar-refractivity contribution in [2.24, 2.45) is 0 Å². The summed E-state index contributed by atoms with van der Waals surface area (Å²) in [7, 11) is 0. The standard InChI is InChI=1S/C9H14O4/c10-6-8(11)9(12)13-7-4-2-1-3-5-7/h7,10H,1-6H2. The molecule has 1 fully saturated rings. The fourth-order valence-electron chi connectivity index (χ4n) is 1.46. The zero-order chi connectivity index (χ0) is 9.68. The highest BCUT2D eigenvalue weighted by Gasteiger charge is 2.21. The molecular weight excluding hydrogens is 172 g/mol. The lowest BCUT2D eigenvalue weighted by Crippen LogP contribution is -2.27. The van der Waals surface area contributed by atoms with Gasteiger partial charge < -0.3 is 9.84 Å². The molecule has 1 aliphatic rings. The van der Waals surface area contributed by atoms with Crippen LogP contribution in [-0.4, -0.2) is 29.6 Å². The minimum atomic E-state index is -0.894. The molecular formula is C9H14O4. The molecule has 1 rings (SSSR count). The van der Waals surface area contributed by atoms with Gasteiger partial charge in [0.15, 0.2) is 0 Å². The molecule has 0 radical (unpaired) electrons. The second-order valence-corrected chi connectivity index (χ2v) is 3.25. The molecule has 0 amide bonds. The molecule has 1 aliphatic carbocycles. The first-order valence-corrected chi connectivity index (χ1v) is 4.58. The lowest BCUT2D eigenvalue weighted by molar-refractivity contribution is -0.160. The number of carbonyl (C=O) groups is 2. The lowest BCUT2D eigenvalue weighted by Gasteiger charge is -2.21. The Balaban J connectivity index is 2.30. The summed E-state index contributed by atoms with van der Waals surface area (Å²) in [5.74, 6) is -1.75. The number of rotatable bonds is 3. The van der Waals surface area contributed by atoms with E-state index in [1.165, 1.54) is 6.42 Å². The van der Waals surface area contributed by atoms with Crippen LogP contribution in [0.4, 0.5) is 0 Å². The van der Waals surface area contributed by atoms with Crippen molar-refractivity contribution in [2.45, 2.75) is 38.2 Å². The van der Waals surface area contributed by atoms with E-state index in [-0.39, 0.29) is 6.10 Å². The van der Waals surface area contributed by atoms with Crippen molar-refractivity contribution in [1.82, 2.24) is 0 Å². The molecule has 0 spiro atoms. The number of carbonyl (C=O) groups excluding carboxylic acids is 2. The minimum absolute atomic E-state index is 0.114. The van der Waals surface area contributed by atoms with Gasteiger partial charge in [0.25, 0.3) is 5.78 Å². The van der Waals surface area contributed by atoms with Crippen molar-refractivity contribution in [1.29, 1.82) is 0 Å². The Labute approximate surface area is 76.9 Å². The second-order valence-electron chi connectivity index (χ2n) is 3.25. The molecule has 0 aromatic carbocycles. The van der Waals surface area contributed by atoms with E-state index in [1.54, 1.807) is 0 Å². The highest BCUT2D eigenvalue weighted by Crippen LogP contribution is 2.20. The summed E-state index contributed by atoms with van der Waals surface area (Å²) in [6.45, 7) is -0.758. The van der Waals surface area contributed by atoms with Crippen LogP contribution in [0.1, 0.15) is 32.1 Å². The zero-order valence-corrected chi connectivity index (χ0v) is 7.49. The third-order valence-corrected chi connectivity index (χ3v) is 2.20. The summed E-state index contributed by atoms with van der Waals surface area (Å²) in [6, 6.07) is 0. The van der Waals surface area contributed by atoms with Gasteiger partial charge in [-0.05, 0) is 25.7 Å². The maximum atomic E-state index is 10.9. The normalized spacial score (nSPS) is 18.2. The van der Waals surface area contributed by atoms with Crippen LogP contribution in [0.25, 0.3) is 0 Å². The molecule has 0 atom stereocenters. The maximum absolute atomic E-state index is 10.9. The van der Waals surface area contributed by atoms with Crippen molar-refractivity contribution in [2.75, 3.05) is 6.61 Å². The Kier molecular flexibility index (Phi) is 3.89. The first-order chi connectivity index (χ1) is 6.24. The highest BCUT2D eigenvalue weighted by atomic mass is 16.5. The summed E-state index contributed by atoms with van der Waals surface area (Å²) < 4.78 is 4.90. The Bertz CT molecular complexity index is 194. The lowest BCUT2D eigenvalue weighted by atomic mass is 9.98. The first-order valence-electron chi connectivity index (χ1n) is 4.58. The number of hydrogen-bond acceptors (Lipinski definition) is 4. The van der Waals surface area contributed by atoms with E-state index in [4.69, 9.17) is 9.84 Å². The van der Waals surface area contributed by atoms with Gasteiger partial charge in [-0.2, -0.15) is 0 Å². The van der Waals surface area contributed by atoms with Gasteiger partial charge in [0.1, 0.15) is 12.7 Å². The first kappa shape index (κ1) is 10.2. The number of ketones is 1. The quantitative estimate of drug-likeness (QED) is 0.512. The van der Waals surface area contributed by atoms with Gasteiger partial charge in [-0.25, -0.2) is 4.79 Å². The summed E-state index contributed by atoms with van der Waals surface area (Å²) in [5, 5.41) is 8.38. The number of esters is 1. The molecule has 13 heavy (non-hydrogen) atoms. The average Bonchev–Trinajstić information content (AvgIpc) is 2.18. The summed E-state index contributed by atoms with van der Waals surface area (Å²) in [6.07, 6.45) is 4.82. The van der Waals surface area contributed by atoms with E-state index in [0.29, 0.717) is 0 Å². The van der Waals surface area contributed by atoms with Crippen molar-refractivity contribution in [3.8, 4) is 0 Å². The average molecular weight is 186 g/mol. The van der Waals surface area contributed by atoms with Crippen LogP contribution < -0.4 is 0 Å². The van der Waals surface area contributed by atoms with Crippen LogP contribution in [0.3, 0.4) is 0 Å². The van der Waals surface area contributed by atoms with E-state index in [9.17, 15) is 9.59 Å². The molecule has 4 heteroatoms. The predicted octanol–water partition coefficient (Wildman–Crippen LogP) is 0.424.